The molecule has 11 heavy (non-hydrogen) atoms. The number of rotatable bonds is 1. The number of hydrogen-bond acceptors (Lipinski definition) is 2. The molecule has 2 nitrogen and oxygen atoms in total. The largest absolute Gasteiger partial charge is 0.449 e. The Morgan fingerprint density at radius 2 is 2.27 bits per heavy atom. The summed E-state index contributed by atoms with van der Waals surface area (Å²) in [7, 11) is 0. The van der Waals surface area contributed by atoms with Crippen LogP contribution >= 0.6 is 31.9 Å². The van der Waals surface area contributed by atoms with Crippen LogP contribution in [0.15, 0.2) is 19.6 Å². The van der Waals surface area contributed by atoms with Crippen LogP contribution in [0.3, 0.4) is 0 Å². The molecule has 0 aliphatic rings. The molecule has 1 aromatic heterocycles. The lowest BCUT2D eigenvalue weighted by atomic mass is 10.3. The van der Waals surface area contributed by atoms with Crippen molar-refractivity contribution in [1.82, 2.24) is 0 Å². The molecule has 0 saturated heterocycles. The predicted molar refractivity (Wildman–Crippen MR) is 47.9 cm³/mol. The summed E-state index contributed by atoms with van der Waals surface area (Å²) in [6.07, 6.45) is 4.00. The zero-order valence-electron chi connectivity index (χ0n) is 5.34. The van der Waals surface area contributed by atoms with Gasteiger partial charge in [-0.15, -0.1) is 6.42 Å². The van der Waals surface area contributed by atoms with E-state index >= 15 is 0 Å². The molecule has 1 unspecified atom stereocenters. The van der Waals surface area contributed by atoms with Crippen molar-refractivity contribution < 1.29 is 9.52 Å². The van der Waals surface area contributed by atoms with Gasteiger partial charge in [0, 0.05) is 0 Å². The molecule has 1 heterocycles. The van der Waals surface area contributed by atoms with Crippen molar-refractivity contribution in [2.24, 2.45) is 0 Å². The van der Waals surface area contributed by atoms with Crippen molar-refractivity contribution in [1.29, 1.82) is 0 Å². The zero-order chi connectivity index (χ0) is 8.43. The zero-order valence-corrected chi connectivity index (χ0v) is 8.52. The Morgan fingerprint density at radius 1 is 1.64 bits per heavy atom. The highest BCUT2D eigenvalue weighted by atomic mass is 79.9. The molecule has 0 spiro atoms. The van der Waals surface area contributed by atoms with E-state index in [9.17, 15) is 0 Å². The van der Waals surface area contributed by atoms with E-state index in [1.807, 2.05) is 0 Å². The molecule has 0 aliphatic carbocycles. The average Bonchev–Trinajstić information content (AvgIpc) is 2.31. The summed E-state index contributed by atoms with van der Waals surface area (Å²) >= 11 is 6.31. The van der Waals surface area contributed by atoms with Gasteiger partial charge in [0.05, 0.1) is 4.47 Å². The molecule has 1 rings (SSSR count). The van der Waals surface area contributed by atoms with Crippen LogP contribution in [0.25, 0.3) is 0 Å². The fourth-order valence-electron chi connectivity index (χ4n) is 0.580. The smallest absolute Gasteiger partial charge is 0.183 e. The topological polar surface area (TPSA) is 33.4 Å². The van der Waals surface area contributed by atoms with E-state index in [2.05, 4.69) is 37.8 Å². The molecule has 1 aromatic rings. The Labute approximate surface area is 80.8 Å². The van der Waals surface area contributed by atoms with Crippen molar-refractivity contribution in [3.63, 3.8) is 0 Å². The second-order valence-corrected chi connectivity index (χ2v) is 3.41. The van der Waals surface area contributed by atoms with Crippen LogP contribution in [0.1, 0.15) is 11.9 Å². The maximum atomic E-state index is 9.10. The molecule has 0 saturated carbocycles. The highest BCUT2D eigenvalue weighted by molar-refractivity contribution is 9.13. The SMILES string of the molecule is C#CC(O)c1cc(Br)c(Br)o1. The Balaban J connectivity index is 2.99. The first kappa shape index (κ1) is 8.85. The van der Waals surface area contributed by atoms with Gasteiger partial charge in [-0.3, -0.25) is 0 Å². The molecule has 0 radical (unpaired) electrons. The van der Waals surface area contributed by atoms with Gasteiger partial charge in [-0.2, -0.15) is 0 Å². The van der Waals surface area contributed by atoms with Gasteiger partial charge in [-0.25, -0.2) is 0 Å². The van der Waals surface area contributed by atoms with Crippen molar-refractivity contribution in [3.05, 3.63) is 21.0 Å². The van der Waals surface area contributed by atoms with Crippen LogP contribution < -0.4 is 0 Å². The molecule has 0 aromatic carbocycles. The minimum atomic E-state index is -0.974. The van der Waals surface area contributed by atoms with Crippen LogP contribution in [0.5, 0.6) is 0 Å². The summed E-state index contributed by atoms with van der Waals surface area (Å²) in [6, 6.07) is 1.62. The molecule has 0 aliphatic heterocycles. The van der Waals surface area contributed by atoms with Gasteiger partial charge in [0.2, 0.25) is 0 Å². The molecule has 0 bridgehead atoms. The monoisotopic (exact) mass is 278 g/mol. The van der Waals surface area contributed by atoms with Crippen LogP contribution in [0.4, 0.5) is 0 Å². The first-order valence-electron chi connectivity index (χ1n) is 2.74. The highest BCUT2D eigenvalue weighted by Crippen LogP contribution is 2.29. The summed E-state index contributed by atoms with van der Waals surface area (Å²) in [6.45, 7) is 0. The van der Waals surface area contributed by atoms with Crippen molar-refractivity contribution >= 4 is 31.9 Å². The van der Waals surface area contributed by atoms with Crippen LogP contribution in [-0.2, 0) is 0 Å². The maximum Gasteiger partial charge on any atom is 0.183 e. The van der Waals surface area contributed by atoms with E-state index in [0.717, 1.165) is 4.47 Å². The van der Waals surface area contributed by atoms with Gasteiger partial charge in [-0.05, 0) is 37.9 Å². The molecule has 0 fully saturated rings. The lowest BCUT2D eigenvalue weighted by Gasteiger charge is -1.94. The number of halogens is 2. The number of furan rings is 1. The third-order valence-electron chi connectivity index (χ3n) is 1.09. The van der Waals surface area contributed by atoms with E-state index in [1.165, 1.54) is 0 Å². The summed E-state index contributed by atoms with van der Waals surface area (Å²) in [4.78, 5) is 0. The van der Waals surface area contributed by atoms with Gasteiger partial charge in [0.15, 0.2) is 10.8 Å². The van der Waals surface area contributed by atoms with E-state index in [1.54, 1.807) is 6.07 Å². The molecule has 4 heteroatoms. The summed E-state index contributed by atoms with van der Waals surface area (Å²) in [5.74, 6) is 2.49. The second kappa shape index (κ2) is 3.44. The molecular weight excluding hydrogens is 276 g/mol. The van der Waals surface area contributed by atoms with Gasteiger partial charge in [0.25, 0.3) is 0 Å². The van der Waals surface area contributed by atoms with Gasteiger partial charge in [-0.1, -0.05) is 5.92 Å². The Kier molecular flexibility index (Phi) is 2.77. The third kappa shape index (κ3) is 1.86. The normalized spacial score (nSPS) is 12.5. The fraction of sp³-hybridized carbons (Fsp3) is 0.143. The lowest BCUT2D eigenvalue weighted by Crippen LogP contribution is -1.88. The van der Waals surface area contributed by atoms with Gasteiger partial charge in [0.1, 0.15) is 5.76 Å². The third-order valence-corrected chi connectivity index (χ3v) is 2.80. The quantitative estimate of drug-likeness (QED) is 0.802. The van der Waals surface area contributed by atoms with Crippen LogP contribution in [0.2, 0.25) is 0 Å². The van der Waals surface area contributed by atoms with Gasteiger partial charge >= 0.3 is 0 Å². The van der Waals surface area contributed by atoms with Crippen molar-refractivity contribution in [2.45, 2.75) is 6.10 Å². The average molecular weight is 280 g/mol. The standard InChI is InChI=1S/C7H4Br2O2/c1-2-5(10)6-3-4(8)7(9)11-6/h1,3,5,10H. The minimum Gasteiger partial charge on any atom is -0.449 e. The van der Waals surface area contributed by atoms with E-state index in [4.69, 9.17) is 15.9 Å². The number of terminal acetylenes is 1. The van der Waals surface area contributed by atoms with Crippen molar-refractivity contribution in [3.8, 4) is 12.3 Å². The lowest BCUT2D eigenvalue weighted by molar-refractivity contribution is 0.204. The fourth-order valence-corrected chi connectivity index (χ4v) is 1.19. The number of aliphatic hydroxyl groups is 1. The van der Waals surface area contributed by atoms with Crippen molar-refractivity contribution in [2.75, 3.05) is 0 Å². The van der Waals surface area contributed by atoms with Crippen LogP contribution in [-0.4, -0.2) is 5.11 Å². The summed E-state index contributed by atoms with van der Waals surface area (Å²) < 4.78 is 6.31. The summed E-state index contributed by atoms with van der Waals surface area (Å²) in [5, 5.41) is 9.10. The summed E-state index contributed by atoms with van der Waals surface area (Å²) in [5.41, 5.74) is 0. The highest BCUT2D eigenvalue weighted by Gasteiger charge is 2.11. The minimum absolute atomic E-state index is 0.353. The van der Waals surface area contributed by atoms with E-state index in [0.29, 0.717) is 10.4 Å². The molecule has 0 amide bonds. The second-order valence-electron chi connectivity index (χ2n) is 1.84. The first-order chi connectivity index (χ1) is 5.15. The van der Waals surface area contributed by atoms with E-state index < -0.39 is 6.10 Å². The molecule has 58 valence electrons. The first-order valence-corrected chi connectivity index (χ1v) is 4.32. The van der Waals surface area contributed by atoms with E-state index in [-0.39, 0.29) is 0 Å². The molecule has 1 N–H and O–H groups in total. The van der Waals surface area contributed by atoms with Gasteiger partial charge < -0.3 is 9.52 Å². The predicted octanol–water partition coefficient (Wildman–Crippen LogP) is 2.47. The maximum absolute atomic E-state index is 9.10. The Bertz CT molecular complexity index is 278. The Morgan fingerprint density at radius 3 is 2.64 bits per heavy atom. The number of aliphatic hydroxyl groups excluding tert-OH is 1. The molecular formula is C7H4Br2O2. The molecule has 1 atom stereocenters. The number of hydrogen-bond donors (Lipinski definition) is 1. The van der Waals surface area contributed by atoms with Crippen LogP contribution in [0, 0.1) is 12.3 Å². The Hall–Kier alpha value is -0.240.